The minimum atomic E-state index is -0.0370. The number of nitrogens with two attached hydrogens (primary N) is 1. The molecule has 0 bridgehead atoms. The molecule has 1 fully saturated rings. The number of hydrogen-bond donors (Lipinski definition) is 2. The lowest BCUT2D eigenvalue weighted by Gasteiger charge is -2.14. The molecular formula is C17H27N3O2. The molecule has 2 rings (SSSR count). The van der Waals surface area contributed by atoms with Gasteiger partial charge in [0.1, 0.15) is 5.75 Å². The van der Waals surface area contributed by atoms with Crippen molar-refractivity contribution in [3.05, 3.63) is 23.8 Å². The summed E-state index contributed by atoms with van der Waals surface area (Å²) in [7, 11) is 4.06. The molecule has 0 aliphatic heterocycles. The van der Waals surface area contributed by atoms with Crippen LogP contribution in [-0.4, -0.2) is 44.1 Å². The molecule has 3 N–H and O–H groups in total. The molecule has 0 saturated heterocycles. The third-order valence-electron chi connectivity index (χ3n) is 3.97. The van der Waals surface area contributed by atoms with Gasteiger partial charge < -0.3 is 20.7 Å². The fourth-order valence-electron chi connectivity index (χ4n) is 2.70. The molecule has 5 nitrogen and oxygen atoms in total. The smallest absolute Gasteiger partial charge is 0.251 e. The van der Waals surface area contributed by atoms with Crippen molar-refractivity contribution < 1.29 is 9.53 Å². The molecule has 1 aliphatic rings. The monoisotopic (exact) mass is 305 g/mol. The highest BCUT2D eigenvalue weighted by Crippen LogP contribution is 2.24. The molecule has 1 aliphatic carbocycles. The van der Waals surface area contributed by atoms with E-state index in [0.717, 1.165) is 25.8 Å². The lowest BCUT2D eigenvalue weighted by Crippen LogP contribution is -2.32. The first-order valence-corrected chi connectivity index (χ1v) is 8.04. The van der Waals surface area contributed by atoms with Crippen LogP contribution in [0.1, 0.15) is 42.5 Å². The van der Waals surface area contributed by atoms with Crippen molar-refractivity contribution in [2.24, 2.45) is 0 Å². The Bertz CT molecular complexity index is 497. The lowest BCUT2D eigenvalue weighted by molar-refractivity contribution is 0.0937. The molecule has 1 aromatic rings. The molecule has 0 aromatic heterocycles. The minimum Gasteiger partial charge on any atom is -0.491 e. The Labute approximate surface area is 132 Å². The molecule has 0 atom stereocenters. The number of nitrogen functional groups attached to an aromatic ring is 1. The first-order valence-electron chi connectivity index (χ1n) is 8.04. The number of anilines is 1. The van der Waals surface area contributed by atoms with Crippen LogP contribution in [0.3, 0.4) is 0 Å². The van der Waals surface area contributed by atoms with Crippen LogP contribution in [0, 0.1) is 0 Å². The van der Waals surface area contributed by atoms with Gasteiger partial charge in [0, 0.05) is 18.2 Å². The summed E-state index contributed by atoms with van der Waals surface area (Å²) in [6, 6.07) is 5.56. The van der Waals surface area contributed by atoms with Gasteiger partial charge in [-0.05, 0) is 51.6 Å². The van der Waals surface area contributed by atoms with Crippen LogP contribution in [0.25, 0.3) is 0 Å². The maximum absolute atomic E-state index is 12.3. The number of ether oxygens (including phenoxy) is 1. The molecular weight excluding hydrogens is 278 g/mol. The minimum absolute atomic E-state index is 0.0370. The summed E-state index contributed by atoms with van der Waals surface area (Å²) < 4.78 is 5.72. The Morgan fingerprint density at radius 3 is 2.77 bits per heavy atom. The van der Waals surface area contributed by atoms with Gasteiger partial charge in [-0.25, -0.2) is 0 Å². The first-order chi connectivity index (χ1) is 10.6. The molecule has 5 heteroatoms. The third kappa shape index (κ3) is 4.91. The Morgan fingerprint density at radius 1 is 1.36 bits per heavy atom. The molecule has 0 heterocycles. The largest absolute Gasteiger partial charge is 0.491 e. The lowest BCUT2D eigenvalue weighted by atomic mass is 10.1. The van der Waals surface area contributed by atoms with E-state index in [1.165, 1.54) is 12.8 Å². The zero-order valence-electron chi connectivity index (χ0n) is 13.6. The summed E-state index contributed by atoms with van der Waals surface area (Å²) in [5.74, 6) is 0.558. The quantitative estimate of drug-likeness (QED) is 0.599. The number of carbonyl (C=O) groups excluding carboxylic acids is 1. The second-order valence-corrected chi connectivity index (χ2v) is 6.21. The highest BCUT2D eigenvalue weighted by atomic mass is 16.5. The fraction of sp³-hybridized carbons (Fsp3) is 0.588. The Hall–Kier alpha value is -1.75. The average molecular weight is 305 g/mol. The number of hydrogen-bond acceptors (Lipinski definition) is 4. The second-order valence-electron chi connectivity index (χ2n) is 6.21. The summed E-state index contributed by atoms with van der Waals surface area (Å²) in [5.41, 5.74) is 7.11. The third-order valence-corrected chi connectivity index (χ3v) is 3.97. The molecule has 1 aromatic carbocycles. The molecule has 0 radical (unpaired) electrons. The zero-order valence-corrected chi connectivity index (χ0v) is 13.6. The normalized spacial score (nSPS) is 15.2. The van der Waals surface area contributed by atoms with Crippen LogP contribution in [-0.2, 0) is 0 Å². The van der Waals surface area contributed by atoms with Crippen LogP contribution < -0.4 is 15.8 Å². The highest BCUT2D eigenvalue weighted by molar-refractivity contribution is 5.95. The van der Waals surface area contributed by atoms with Gasteiger partial charge in [-0.2, -0.15) is 0 Å². The van der Waals surface area contributed by atoms with Gasteiger partial charge in [0.2, 0.25) is 0 Å². The summed E-state index contributed by atoms with van der Waals surface area (Å²) in [5, 5.41) is 3.08. The van der Waals surface area contributed by atoms with E-state index >= 15 is 0 Å². The van der Waals surface area contributed by atoms with Crippen molar-refractivity contribution in [3.63, 3.8) is 0 Å². The van der Waals surface area contributed by atoms with Gasteiger partial charge in [-0.1, -0.05) is 12.8 Å². The van der Waals surface area contributed by atoms with Crippen molar-refractivity contribution in [1.29, 1.82) is 0 Å². The van der Waals surface area contributed by atoms with Crippen LogP contribution in [0.2, 0.25) is 0 Å². The summed E-state index contributed by atoms with van der Waals surface area (Å²) >= 11 is 0. The van der Waals surface area contributed by atoms with Crippen LogP contribution >= 0.6 is 0 Å². The SMILES string of the molecule is CN(C)CCCOc1cc(C(=O)NC2CCCC2)ccc1N. The second kappa shape index (κ2) is 8.03. The number of nitrogens with zero attached hydrogens (tertiary/aromatic N) is 1. The van der Waals surface area contributed by atoms with Crippen molar-refractivity contribution in [2.75, 3.05) is 33.0 Å². The van der Waals surface area contributed by atoms with Gasteiger partial charge in [-0.15, -0.1) is 0 Å². The van der Waals surface area contributed by atoms with E-state index < -0.39 is 0 Å². The summed E-state index contributed by atoms with van der Waals surface area (Å²) in [6.07, 6.45) is 5.48. The average Bonchev–Trinajstić information content (AvgIpc) is 2.97. The van der Waals surface area contributed by atoms with Gasteiger partial charge in [-0.3, -0.25) is 4.79 Å². The van der Waals surface area contributed by atoms with E-state index in [9.17, 15) is 4.79 Å². The molecule has 122 valence electrons. The number of nitrogens with one attached hydrogen (secondary N) is 1. The Balaban J connectivity index is 1.91. The van der Waals surface area contributed by atoms with Crippen molar-refractivity contribution in [2.45, 2.75) is 38.1 Å². The number of benzene rings is 1. The van der Waals surface area contributed by atoms with Gasteiger partial charge in [0.05, 0.1) is 12.3 Å². The first kappa shape index (κ1) is 16.6. The van der Waals surface area contributed by atoms with E-state index in [0.29, 0.717) is 29.6 Å². The maximum Gasteiger partial charge on any atom is 0.251 e. The molecule has 1 amide bonds. The molecule has 22 heavy (non-hydrogen) atoms. The van der Waals surface area contributed by atoms with E-state index in [1.54, 1.807) is 18.2 Å². The van der Waals surface area contributed by atoms with Crippen LogP contribution in [0.5, 0.6) is 5.75 Å². The Kier molecular flexibility index (Phi) is 6.07. The van der Waals surface area contributed by atoms with E-state index in [1.807, 2.05) is 14.1 Å². The number of amides is 1. The van der Waals surface area contributed by atoms with Gasteiger partial charge in [0.15, 0.2) is 0 Å². The van der Waals surface area contributed by atoms with Crippen LogP contribution in [0.15, 0.2) is 18.2 Å². The van der Waals surface area contributed by atoms with Crippen molar-refractivity contribution in [3.8, 4) is 5.75 Å². The standard InChI is InChI=1S/C17H27N3O2/c1-20(2)10-5-11-22-16-12-13(8-9-15(16)18)17(21)19-14-6-3-4-7-14/h8-9,12,14H,3-7,10-11,18H2,1-2H3,(H,19,21). The van der Waals surface area contributed by atoms with E-state index in [-0.39, 0.29) is 5.91 Å². The maximum atomic E-state index is 12.3. The van der Waals surface area contributed by atoms with Gasteiger partial charge >= 0.3 is 0 Å². The van der Waals surface area contributed by atoms with Gasteiger partial charge in [0.25, 0.3) is 5.91 Å². The Morgan fingerprint density at radius 2 is 2.09 bits per heavy atom. The van der Waals surface area contributed by atoms with Crippen molar-refractivity contribution >= 4 is 11.6 Å². The molecule has 1 saturated carbocycles. The summed E-state index contributed by atoms with van der Waals surface area (Å²) in [4.78, 5) is 14.4. The number of rotatable bonds is 7. The predicted molar refractivity (Wildman–Crippen MR) is 89.2 cm³/mol. The highest BCUT2D eigenvalue weighted by Gasteiger charge is 2.18. The van der Waals surface area contributed by atoms with Crippen LogP contribution in [0.4, 0.5) is 5.69 Å². The van der Waals surface area contributed by atoms with Crippen molar-refractivity contribution in [1.82, 2.24) is 10.2 Å². The van der Waals surface area contributed by atoms with E-state index in [2.05, 4.69) is 10.2 Å². The number of carbonyl (C=O) groups is 1. The molecule has 0 unspecified atom stereocenters. The summed E-state index contributed by atoms with van der Waals surface area (Å²) in [6.45, 7) is 1.55. The topological polar surface area (TPSA) is 67.6 Å². The predicted octanol–water partition coefficient (Wildman–Crippen LogP) is 2.27. The fourth-order valence-corrected chi connectivity index (χ4v) is 2.70. The molecule has 0 spiro atoms. The van der Waals surface area contributed by atoms with E-state index in [4.69, 9.17) is 10.5 Å². The zero-order chi connectivity index (χ0) is 15.9.